The molecule has 2 rings (SSSR count). The van der Waals surface area contributed by atoms with E-state index in [1.54, 1.807) is 12.1 Å². The molecule has 0 bridgehead atoms. The predicted molar refractivity (Wildman–Crippen MR) is 56.6 cm³/mol. The standard InChI is InChI=1S/C12H16O3/c1-2-12(14-8-5-9-15-12)10-6-3-4-7-11(10)13/h3-4,6-7,13H,2,5,8-9H2,1H3. The Morgan fingerprint density at radius 2 is 1.93 bits per heavy atom. The minimum atomic E-state index is -0.746. The smallest absolute Gasteiger partial charge is 0.198 e. The Bertz CT molecular complexity index is 329. The highest BCUT2D eigenvalue weighted by Crippen LogP contribution is 2.38. The normalized spacial score (nSPS) is 20.1. The van der Waals surface area contributed by atoms with Gasteiger partial charge in [-0.05, 0) is 18.6 Å². The summed E-state index contributed by atoms with van der Waals surface area (Å²) in [4.78, 5) is 0. The first-order valence-corrected chi connectivity index (χ1v) is 5.35. The van der Waals surface area contributed by atoms with E-state index in [1.807, 2.05) is 19.1 Å². The molecule has 3 heteroatoms. The third kappa shape index (κ3) is 1.85. The highest BCUT2D eigenvalue weighted by molar-refractivity contribution is 5.35. The average molecular weight is 208 g/mol. The summed E-state index contributed by atoms with van der Waals surface area (Å²) in [5.74, 6) is -0.509. The Hall–Kier alpha value is -1.06. The van der Waals surface area contributed by atoms with E-state index in [2.05, 4.69) is 0 Å². The molecule has 1 saturated heterocycles. The van der Waals surface area contributed by atoms with Crippen molar-refractivity contribution < 1.29 is 14.6 Å². The van der Waals surface area contributed by atoms with Crippen molar-refractivity contribution in [2.75, 3.05) is 13.2 Å². The molecule has 0 radical (unpaired) electrons. The van der Waals surface area contributed by atoms with Gasteiger partial charge in [0.15, 0.2) is 5.79 Å². The van der Waals surface area contributed by atoms with Gasteiger partial charge in [0.05, 0.1) is 18.8 Å². The zero-order valence-corrected chi connectivity index (χ0v) is 8.90. The fourth-order valence-electron chi connectivity index (χ4n) is 1.92. The monoisotopic (exact) mass is 208 g/mol. The Morgan fingerprint density at radius 3 is 2.53 bits per heavy atom. The van der Waals surface area contributed by atoms with E-state index in [-0.39, 0.29) is 5.75 Å². The lowest BCUT2D eigenvalue weighted by molar-refractivity contribution is -0.278. The Balaban J connectivity index is 2.36. The van der Waals surface area contributed by atoms with Crippen molar-refractivity contribution in [3.63, 3.8) is 0 Å². The first-order valence-electron chi connectivity index (χ1n) is 5.35. The summed E-state index contributed by atoms with van der Waals surface area (Å²) in [6, 6.07) is 7.19. The van der Waals surface area contributed by atoms with Crippen LogP contribution < -0.4 is 0 Å². The van der Waals surface area contributed by atoms with Crippen LogP contribution in [0, 0.1) is 0 Å². The number of benzene rings is 1. The third-order valence-electron chi connectivity index (χ3n) is 2.74. The van der Waals surface area contributed by atoms with Crippen LogP contribution in [-0.4, -0.2) is 18.3 Å². The molecule has 1 N–H and O–H groups in total. The highest BCUT2D eigenvalue weighted by Gasteiger charge is 2.36. The summed E-state index contributed by atoms with van der Waals surface area (Å²) in [5.41, 5.74) is 0.729. The molecule has 0 aromatic heterocycles. The minimum Gasteiger partial charge on any atom is -0.507 e. The summed E-state index contributed by atoms with van der Waals surface area (Å²) in [5, 5.41) is 9.80. The number of hydrogen-bond acceptors (Lipinski definition) is 3. The van der Waals surface area contributed by atoms with E-state index in [0.717, 1.165) is 12.0 Å². The predicted octanol–water partition coefficient (Wildman–Crippen LogP) is 2.39. The molecule has 0 saturated carbocycles. The molecule has 0 unspecified atom stereocenters. The van der Waals surface area contributed by atoms with E-state index in [0.29, 0.717) is 19.6 Å². The van der Waals surface area contributed by atoms with Gasteiger partial charge in [0.2, 0.25) is 0 Å². The van der Waals surface area contributed by atoms with Gasteiger partial charge in [0.25, 0.3) is 0 Å². The number of hydrogen-bond donors (Lipinski definition) is 1. The number of aromatic hydroxyl groups is 1. The molecule has 1 aliphatic heterocycles. The molecule has 82 valence electrons. The molecule has 0 amide bonds. The zero-order chi connectivity index (χ0) is 10.7. The van der Waals surface area contributed by atoms with Crippen LogP contribution >= 0.6 is 0 Å². The van der Waals surface area contributed by atoms with Gasteiger partial charge in [0, 0.05) is 6.42 Å². The molecule has 0 aliphatic carbocycles. The van der Waals surface area contributed by atoms with Crippen molar-refractivity contribution in [2.24, 2.45) is 0 Å². The van der Waals surface area contributed by atoms with E-state index in [1.165, 1.54) is 0 Å². The fourth-order valence-corrected chi connectivity index (χ4v) is 1.92. The Morgan fingerprint density at radius 1 is 1.27 bits per heavy atom. The number of ether oxygens (including phenoxy) is 2. The van der Waals surface area contributed by atoms with Crippen LogP contribution in [0.3, 0.4) is 0 Å². The van der Waals surface area contributed by atoms with Crippen molar-refractivity contribution in [3.8, 4) is 5.75 Å². The van der Waals surface area contributed by atoms with Gasteiger partial charge >= 0.3 is 0 Å². The molecular formula is C12H16O3. The maximum absolute atomic E-state index is 9.80. The second-order valence-electron chi connectivity index (χ2n) is 3.67. The van der Waals surface area contributed by atoms with Gasteiger partial charge in [-0.3, -0.25) is 0 Å². The minimum absolute atomic E-state index is 0.237. The molecule has 15 heavy (non-hydrogen) atoms. The molecule has 1 heterocycles. The maximum Gasteiger partial charge on any atom is 0.198 e. The summed E-state index contributed by atoms with van der Waals surface area (Å²) in [6.07, 6.45) is 1.61. The SMILES string of the molecule is CCC1(c2ccccc2O)OCCCO1. The Labute approximate surface area is 89.6 Å². The number of rotatable bonds is 2. The molecule has 3 nitrogen and oxygen atoms in total. The molecule has 1 aromatic carbocycles. The Kier molecular flexibility index (Phi) is 2.93. The summed E-state index contributed by atoms with van der Waals surface area (Å²) < 4.78 is 11.4. The van der Waals surface area contributed by atoms with E-state index in [9.17, 15) is 5.11 Å². The molecule has 1 fully saturated rings. The maximum atomic E-state index is 9.80. The first-order chi connectivity index (χ1) is 7.28. The van der Waals surface area contributed by atoms with Crippen molar-refractivity contribution >= 4 is 0 Å². The topological polar surface area (TPSA) is 38.7 Å². The molecule has 1 aliphatic rings. The quantitative estimate of drug-likeness (QED) is 0.811. The molecule has 1 aromatic rings. The largest absolute Gasteiger partial charge is 0.507 e. The number of phenols is 1. The van der Waals surface area contributed by atoms with Gasteiger partial charge in [-0.1, -0.05) is 19.1 Å². The first kappa shape index (κ1) is 10.5. The van der Waals surface area contributed by atoms with Crippen molar-refractivity contribution in [1.29, 1.82) is 0 Å². The van der Waals surface area contributed by atoms with Crippen LogP contribution in [0.5, 0.6) is 5.75 Å². The second kappa shape index (κ2) is 4.21. The van der Waals surface area contributed by atoms with E-state index in [4.69, 9.17) is 9.47 Å². The van der Waals surface area contributed by atoms with Crippen LogP contribution in [0.4, 0.5) is 0 Å². The lowest BCUT2D eigenvalue weighted by Gasteiger charge is -2.37. The van der Waals surface area contributed by atoms with E-state index < -0.39 is 5.79 Å². The van der Waals surface area contributed by atoms with Crippen molar-refractivity contribution in [1.82, 2.24) is 0 Å². The van der Waals surface area contributed by atoms with E-state index >= 15 is 0 Å². The molecule has 0 atom stereocenters. The van der Waals surface area contributed by atoms with Crippen LogP contribution in [0.25, 0.3) is 0 Å². The van der Waals surface area contributed by atoms with Gasteiger partial charge in [0.1, 0.15) is 5.75 Å². The van der Waals surface area contributed by atoms with Gasteiger partial charge < -0.3 is 14.6 Å². The van der Waals surface area contributed by atoms with Crippen molar-refractivity contribution in [3.05, 3.63) is 29.8 Å². The molecular weight excluding hydrogens is 192 g/mol. The van der Waals surface area contributed by atoms with Crippen molar-refractivity contribution in [2.45, 2.75) is 25.6 Å². The highest BCUT2D eigenvalue weighted by atomic mass is 16.7. The lowest BCUT2D eigenvalue weighted by Crippen LogP contribution is -2.37. The summed E-state index contributed by atoms with van der Waals surface area (Å²) >= 11 is 0. The van der Waals surface area contributed by atoms with Gasteiger partial charge in [-0.2, -0.15) is 0 Å². The van der Waals surface area contributed by atoms with Crippen LogP contribution in [0.1, 0.15) is 25.3 Å². The van der Waals surface area contributed by atoms with Crippen LogP contribution in [0.15, 0.2) is 24.3 Å². The van der Waals surface area contributed by atoms with Gasteiger partial charge in [-0.25, -0.2) is 0 Å². The fraction of sp³-hybridized carbons (Fsp3) is 0.500. The van der Waals surface area contributed by atoms with Crippen LogP contribution in [-0.2, 0) is 15.3 Å². The number of para-hydroxylation sites is 1. The van der Waals surface area contributed by atoms with Gasteiger partial charge in [-0.15, -0.1) is 0 Å². The second-order valence-corrected chi connectivity index (χ2v) is 3.67. The molecule has 0 spiro atoms. The number of phenolic OH excluding ortho intramolecular Hbond substituents is 1. The van der Waals surface area contributed by atoms with Crippen LogP contribution in [0.2, 0.25) is 0 Å². The summed E-state index contributed by atoms with van der Waals surface area (Å²) in [6.45, 7) is 3.36. The zero-order valence-electron chi connectivity index (χ0n) is 8.90. The average Bonchev–Trinajstić information content (AvgIpc) is 2.30. The summed E-state index contributed by atoms with van der Waals surface area (Å²) in [7, 11) is 0. The lowest BCUT2D eigenvalue weighted by atomic mass is 10.0. The third-order valence-corrected chi connectivity index (χ3v) is 2.74.